The monoisotopic (exact) mass is 268 g/mol. The number of hydrogen-bond donors (Lipinski definition) is 1. The molecule has 2 unspecified atom stereocenters. The minimum atomic E-state index is -0.327. The van der Waals surface area contributed by atoms with Crippen molar-refractivity contribution in [3.8, 4) is 0 Å². The maximum Gasteiger partial charge on any atom is 0.245 e. The molecular weight excluding hydrogens is 240 g/mol. The number of nitrogens with one attached hydrogen (secondary N) is 1. The SMILES string of the molecule is CCCC1NC(=O)CCN(CC(C)C(C)(C)C)C1=O. The van der Waals surface area contributed by atoms with E-state index < -0.39 is 0 Å². The van der Waals surface area contributed by atoms with Gasteiger partial charge in [0.15, 0.2) is 0 Å². The molecule has 1 aliphatic heterocycles. The van der Waals surface area contributed by atoms with E-state index in [1.54, 1.807) is 0 Å². The maximum absolute atomic E-state index is 12.5. The smallest absolute Gasteiger partial charge is 0.245 e. The summed E-state index contributed by atoms with van der Waals surface area (Å²) in [6, 6.07) is -0.327. The second kappa shape index (κ2) is 6.40. The highest BCUT2D eigenvalue weighted by Gasteiger charge is 2.31. The highest BCUT2D eigenvalue weighted by molar-refractivity contribution is 5.89. The van der Waals surface area contributed by atoms with Crippen LogP contribution >= 0.6 is 0 Å². The largest absolute Gasteiger partial charge is 0.344 e. The molecule has 1 saturated heterocycles. The summed E-state index contributed by atoms with van der Waals surface area (Å²) in [5.41, 5.74) is 0.171. The van der Waals surface area contributed by atoms with Crippen LogP contribution in [0, 0.1) is 11.3 Å². The quantitative estimate of drug-likeness (QED) is 0.849. The Hall–Kier alpha value is -1.06. The number of carbonyl (C=O) groups is 2. The van der Waals surface area contributed by atoms with Gasteiger partial charge in [-0.25, -0.2) is 0 Å². The van der Waals surface area contributed by atoms with Gasteiger partial charge in [0.25, 0.3) is 0 Å². The molecular formula is C15H28N2O2. The first kappa shape index (κ1) is 16.0. The van der Waals surface area contributed by atoms with E-state index in [4.69, 9.17) is 0 Å². The Morgan fingerprint density at radius 2 is 2.00 bits per heavy atom. The average Bonchev–Trinajstić information content (AvgIpc) is 2.42. The fraction of sp³-hybridized carbons (Fsp3) is 0.867. The van der Waals surface area contributed by atoms with Crippen LogP contribution in [0.25, 0.3) is 0 Å². The van der Waals surface area contributed by atoms with Crippen molar-refractivity contribution in [2.24, 2.45) is 11.3 Å². The standard InChI is InChI=1S/C15H28N2O2/c1-6-7-12-14(19)17(9-8-13(18)16-12)10-11(2)15(3,4)5/h11-12H,6-10H2,1-5H3,(H,16,18). The molecule has 4 nitrogen and oxygen atoms in total. The fourth-order valence-electron chi connectivity index (χ4n) is 2.17. The van der Waals surface area contributed by atoms with Gasteiger partial charge in [-0.1, -0.05) is 41.0 Å². The summed E-state index contributed by atoms with van der Waals surface area (Å²) in [4.78, 5) is 26.0. The zero-order chi connectivity index (χ0) is 14.6. The second-order valence-corrected chi connectivity index (χ2v) is 6.71. The fourth-order valence-corrected chi connectivity index (χ4v) is 2.17. The van der Waals surface area contributed by atoms with Crippen molar-refractivity contribution < 1.29 is 9.59 Å². The minimum Gasteiger partial charge on any atom is -0.344 e. The lowest BCUT2D eigenvalue weighted by Crippen LogP contribution is -2.46. The average molecular weight is 268 g/mol. The van der Waals surface area contributed by atoms with Crippen molar-refractivity contribution >= 4 is 11.8 Å². The van der Waals surface area contributed by atoms with Gasteiger partial charge in [0.2, 0.25) is 11.8 Å². The first-order valence-electron chi connectivity index (χ1n) is 7.33. The van der Waals surface area contributed by atoms with Crippen LogP contribution in [0.5, 0.6) is 0 Å². The Bertz CT molecular complexity index is 334. The minimum absolute atomic E-state index is 0.00212. The van der Waals surface area contributed by atoms with E-state index in [9.17, 15) is 9.59 Å². The van der Waals surface area contributed by atoms with Crippen LogP contribution in [0.4, 0.5) is 0 Å². The van der Waals surface area contributed by atoms with Gasteiger partial charge in [0.1, 0.15) is 6.04 Å². The lowest BCUT2D eigenvalue weighted by atomic mass is 9.81. The summed E-state index contributed by atoms with van der Waals surface area (Å²) in [5.74, 6) is 0.494. The van der Waals surface area contributed by atoms with E-state index in [1.807, 2.05) is 11.8 Å². The van der Waals surface area contributed by atoms with Gasteiger partial charge in [-0.05, 0) is 17.8 Å². The van der Waals surface area contributed by atoms with Gasteiger partial charge in [-0.15, -0.1) is 0 Å². The first-order valence-corrected chi connectivity index (χ1v) is 7.33. The van der Waals surface area contributed by atoms with E-state index in [0.29, 0.717) is 18.9 Å². The first-order chi connectivity index (χ1) is 8.75. The lowest BCUT2D eigenvalue weighted by Gasteiger charge is -2.33. The van der Waals surface area contributed by atoms with Crippen LogP contribution < -0.4 is 5.32 Å². The molecule has 2 amide bonds. The Labute approximate surface area is 116 Å². The molecule has 4 heteroatoms. The number of hydrogen-bond acceptors (Lipinski definition) is 2. The Balaban J connectivity index is 2.75. The molecule has 1 heterocycles. The van der Waals surface area contributed by atoms with Crippen molar-refractivity contribution in [2.45, 2.75) is 59.9 Å². The van der Waals surface area contributed by atoms with Gasteiger partial charge in [0, 0.05) is 19.5 Å². The third kappa shape index (κ3) is 4.51. The van der Waals surface area contributed by atoms with E-state index >= 15 is 0 Å². The molecule has 1 N–H and O–H groups in total. The molecule has 0 aromatic heterocycles. The molecule has 0 bridgehead atoms. The molecule has 1 aliphatic rings. The molecule has 2 atom stereocenters. The third-order valence-electron chi connectivity index (χ3n) is 4.10. The predicted octanol–water partition coefficient (Wildman–Crippen LogP) is 2.19. The van der Waals surface area contributed by atoms with E-state index in [1.165, 1.54) is 0 Å². The molecule has 0 spiro atoms. The van der Waals surface area contributed by atoms with Gasteiger partial charge in [-0.3, -0.25) is 9.59 Å². The molecule has 0 aliphatic carbocycles. The molecule has 1 fully saturated rings. The molecule has 0 aromatic rings. The second-order valence-electron chi connectivity index (χ2n) is 6.71. The van der Waals surface area contributed by atoms with Crippen molar-refractivity contribution in [2.75, 3.05) is 13.1 Å². The van der Waals surface area contributed by atoms with Gasteiger partial charge < -0.3 is 10.2 Å². The van der Waals surface area contributed by atoms with Crippen LogP contribution in [0.2, 0.25) is 0 Å². The van der Waals surface area contributed by atoms with E-state index in [0.717, 1.165) is 19.4 Å². The highest BCUT2D eigenvalue weighted by Crippen LogP contribution is 2.26. The molecule has 0 radical (unpaired) electrons. The summed E-state index contributed by atoms with van der Waals surface area (Å²) in [6.07, 6.45) is 2.05. The van der Waals surface area contributed by atoms with Crippen molar-refractivity contribution in [3.05, 3.63) is 0 Å². The molecule has 1 rings (SSSR count). The van der Waals surface area contributed by atoms with Crippen LogP contribution in [-0.4, -0.2) is 35.8 Å². The topological polar surface area (TPSA) is 49.4 Å². The maximum atomic E-state index is 12.5. The Kier molecular flexibility index (Phi) is 5.39. The normalized spacial score (nSPS) is 23.0. The van der Waals surface area contributed by atoms with E-state index in [-0.39, 0.29) is 23.3 Å². The molecule has 0 saturated carbocycles. The van der Waals surface area contributed by atoms with Crippen molar-refractivity contribution in [3.63, 3.8) is 0 Å². The molecule has 0 aromatic carbocycles. The number of amides is 2. The summed E-state index contributed by atoms with van der Waals surface area (Å²) >= 11 is 0. The molecule has 19 heavy (non-hydrogen) atoms. The number of nitrogens with zero attached hydrogens (tertiary/aromatic N) is 1. The molecule has 110 valence electrons. The third-order valence-corrected chi connectivity index (χ3v) is 4.10. The zero-order valence-corrected chi connectivity index (χ0v) is 13.0. The highest BCUT2D eigenvalue weighted by atomic mass is 16.2. The van der Waals surface area contributed by atoms with Crippen molar-refractivity contribution in [1.29, 1.82) is 0 Å². The van der Waals surface area contributed by atoms with Gasteiger partial charge >= 0.3 is 0 Å². The summed E-state index contributed by atoms with van der Waals surface area (Å²) < 4.78 is 0. The lowest BCUT2D eigenvalue weighted by molar-refractivity contribution is -0.134. The van der Waals surface area contributed by atoms with Crippen LogP contribution in [-0.2, 0) is 9.59 Å². The zero-order valence-electron chi connectivity index (χ0n) is 13.0. The van der Waals surface area contributed by atoms with Crippen LogP contribution in [0.1, 0.15) is 53.9 Å². The summed E-state index contributed by atoms with van der Waals surface area (Å²) in [5, 5.41) is 2.84. The van der Waals surface area contributed by atoms with Gasteiger partial charge in [-0.2, -0.15) is 0 Å². The summed E-state index contributed by atoms with van der Waals surface area (Å²) in [6.45, 7) is 12.0. The number of rotatable bonds is 4. The number of carbonyl (C=O) groups excluding carboxylic acids is 2. The predicted molar refractivity (Wildman–Crippen MR) is 76.7 cm³/mol. The van der Waals surface area contributed by atoms with Crippen molar-refractivity contribution in [1.82, 2.24) is 10.2 Å². The van der Waals surface area contributed by atoms with Gasteiger partial charge in [0.05, 0.1) is 0 Å². The van der Waals surface area contributed by atoms with Crippen LogP contribution in [0.3, 0.4) is 0 Å². The van der Waals surface area contributed by atoms with E-state index in [2.05, 4.69) is 33.0 Å². The Morgan fingerprint density at radius 3 is 2.53 bits per heavy atom. The Morgan fingerprint density at radius 1 is 1.37 bits per heavy atom. The summed E-state index contributed by atoms with van der Waals surface area (Å²) in [7, 11) is 0. The van der Waals surface area contributed by atoms with Crippen LogP contribution in [0.15, 0.2) is 0 Å².